The van der Waals surface area contributed by atoms with Crippen LogP contribution in [0.4, 0.5) is 5.82 Å². The molecule has 1 heterocycles. The molecule has 1 aromatic rings. The van der Waals surface area contributed by atoms with Gasteiger partial charge in [-0.3, -0.25) is 4.68 Å². The zero-order chi connectivity index (χ0) is 11.6. The molecular formula is C11H20ClN3. The van der Waals surface area contributed by atoms with Crippen LogP contribution in [0.15, 0.2) is 0 Å². The van der Waals surface area contributed by atoms with Crippen LogP contribution in [0.1, 0.15) is 25.1 Å². The van der Waals surface area contributed by atoms with E-state index >= 15 is 0 Å². The Morgan fingerprint density at radius 3 is 2.53 bits per heavy atom. The van der Waals surface area contributed by atoms with Gasteiger partial charge in [0, 0.05) is 26.2 Å². The molecule has 1 rings (SSSR count). The maximum atomic E-state index is 5.95. The summed E-state index contributed by atoms with van der Waals surface area (Å²) in [5, 5.41) is 4.40. The van der Waals surface area contributed by atoms with Gasteiger partial charge < -0.3 is 4.90 Å². The Kier molecular flexibility index (Phi) is 4.03. The van der Waals surface area contributed by atoms with Gasteiger partial charge in [-0.1, -0.05) is 13.8 Å². The normalized spacial score (nSPS) is 11.1. The van der Waals surface area contributed by atoms with E-state index in [1.165, 1.54) is 0 Å². The average molecular weight is 230 g/mol. The van der Waals surface area contributed by atoms with Crippen molar-refractivity contribution in [3.63, 3.8) is 0 Å². The molecule has 0 bridgehead atoms. The molecule has 0 atom stereocenters. The molecule has 1 aromatic heterocycles. The van der Waals surface area contributed by atoms with Gasteiger partial charge in [-0.15, -0.1) is 11.6 Å². The van der Waals surface area contributed by atoms with Gasteiger partial charge >= 0.3 is 0 Å². The van der Waals surface area contributed by atoms with Crippen molar-refractivity contribution in [2.24, 2.45) is 13.0 Å². The highest BCUT2D eigenvalue weighted by molar-refractivity contribution is 6.17. The van der Waals surface area contributed by atoms with E-state index in [1.54, 1.807) is 0 Å². The summed E-state index contributed by atoms with van der Waals surface area (Å²) in [6.45, 7) is 7.44. The second-order valence-electron chi connectivity index (χ2n) is 4.42. The van der Waals surface area contributed by atoms with E-state index in [0.29, 0.717) is 11.8 Å². The fourth-order valence-electron chi connectivity index (χ4n) is 1.96. The molecule has 0 aliphatic heterocycles. The summed E-state index contributed by atoms with van der Waals surface area (Å²) in [6, 6.07) is 0. The zero-order valence-electron chi connectivity index (χ0n) is 10.2. The van der Waals surface area contributed by atoms with E-state index in [2.05, 4.69) is 30.9 Å². The Morgan fingerprint density at radius 2 is 2.07 bits per heavy atom. The Hall–Kier alpha value is -0.700. The standard InChI is InChI=1S/C11H20ClN3/c1-8(2)7-14(4)11-10(6-12)9(3)13-15(11)5/h8H,6-7H2,1-5H3. The number of rotatable bonds is 4. The van der Waals surface area contributed by atoms with Crippen LogP contribution in [0.5, 0.6) is 0 Å². The third-order valence-corrected chi connectivity index (χ3v) is 2.71. The van der Waals surface area contributed by atoms with Gasteiger partial charge in [0.15, 0.2) is 0 Å². The van der Waals surface area contributed by atoms with Crippen LogP contribution in [0, 0.1) is 12.8 Å². The Balaban J connectivity index is 3.01. The number of aryl methyl sites for hydroxylation is 2. The largest absolute Gasteiger partial charge is 0.359 e. The van der Waals surface area contributed by atoms with Crippen molar-refractivity contribution >= 4 is 17.4 Å². The van der Waals surface area contributed by atoms with Gasteiger partial charge in [0.1, 0.15) is 5.82 Å². The van der Waals surface area contributed by atoms with E-state index in [9.17, 15) is 0 Å². The van der Waals surface area contributed by atoms with Crippen LogP contribution >= 0.6 is 11.6 Å². The average Bonchev–Trinajstić information content (AvgIpc) is 2.38. The lowest BCUT2D eigenvalue weighted by Crippen LogP contribution is -2.25. The first-order valence-electron chi connectivity index (χ1n) is 5.27. The highest BCUT2D eigenvalue weighted by atomic mass is 35.5. The van der Waals surface area contributed by atoms with Gasteiger partial charge in [-0.25, -0.2) is 0 Å². The molecule has 0 saturated heterocycles. The molecule has 0 spiro atoms. The van der Waals surface area contributed by atoms with Gasteiger partial charge in [0.25, 0.3) is 0 Å². The first-order valence-corrected chi connectivity index (χ1v) is 5.80. The fourth-order valence-corrected chi connectivity index (χ4v) is 2.27. The summed E-state index contributed by atoms with van der Waals surface area (Å²) < 4.78 is 1.91. The summed E-state index contributed by atoms with van der Waals surface area (Å²) in [6.07, 6.45) is 0. The number of hydrogen-bond acceptors (Lipinski definition) is 2. The molecule has 0 aliphatic rings. The lowest BCUT2D eigenvalue weighted by molar-refractivity contribution is 0.619. The van der Waals surface area contributed by atoms with Crippen LogP contribution in [-0.2, 0) is 12.9 Å². The Bertz CT molecular complexity index is 331. The smallest absolute Gasteiger partial charge is 0.130 e. The lowest BCUT2D eigenvalue weighted by atomic mass is 10.2. The predicted molar refractivity (Wildman–Crippen MR) is 65.6 cm³/mol. The van der Waals surface area contributed by atoms with Crippen molar-refractivity contribution in [3.8, 4) is 0 Å². The van der Waals surface area contributed by atoms with Crippen molar-refractivity contribution in [2.75, 3.05) is 18.5 Å². The van der Waals surface area contributed by atoms with Crippen molar-refractivity contribution in [2.45, 2.75) is 26.7 Å². The van der Waals surface area contributed by atoms with Crippen molar-refractivity contribution < 1.29 is 0 Å². The summed E-state index contributed by atoms with van der Waals surface area (Å²) in [4.78, 5) is 2.22. The van der Waals surface area contributed by atoms with Gasteiger partial charge in [0.2, 0.25) is 0 Å². The van der Waals surface area contributed by atoms with Crippen LogP contribution in [0.3, 0.4) is 0 Å². The predicted octanol–water partition coefficient (Wildman–Crippen LogP) is 2.56. The van der Waals surface area contributed by atoms with E-state index in [4.69, 9.17) is 11.6 Å². The second kappa shape index (κ2) is 4.88. The molecular weight excluding hydrogens is 210 g/mol. The lowest BCUT2D eigenvalue weighted by Gasteiger charge is -2.22. The van der Waals surface area contributed by atoms with Gasteiger partial charge in [-0.05, 0) is 12.8 Å². The third-order valence-electron chi connectivity index (χ3n) is 2.45. The second-order valence-corrected chi connectivity index (χ2v) is 4.69. The van der Waals surface area contributed by atoms with Crippen LogP contribution < -0.4 is 4.90 Å². The molecule has 0 N–H and O–H groups in total. The SMILES string of the molecule is Cc1nn(C)c(N(C)CC(C)C)c1CCl. The Morgan fingerprint density at radius 1 is 1.47 bits per heavy atom. The van der Waals surface area contributed by atoms with E-state index in [0.717, 1.165) is 23.6 Å². The third kappa shape index (κ3) is 2.65. The van der Waals surface area contributed by atoms with Crippen LogP contribution in [0.2, 0.25) is 0 Å². The monoisotopic (exact) mass is 229 g/mol. The zero-order valence-corrected chi connectivity index (χ0v) is 11.0. The van der Waals surface area contributed by atoms with Gasteiger partial charge in [-0.2, -0.15) is 5.10 Å². The van der Waals surface area contributed by atoms with Gasteiger partial charge in [0.05, 0.1) is 11.6 Å². The minimum atomic E-state index is 0.525. The van der Waals surface area contributed by atoms with E-state index in [-0.39, 0.29) is 0 Å². The summed E-state index contributed by atoms with van der Waals surface area (Å²) in [7, 11) is 4.06. The summed E-state index contributed by atoms with van der Waals surface area (Å²) in [5.41, 5.74) is 2.17. The maximum Gasteiger partial charge on any atom is 0.130 e. The Labute approximate surface area is 97.0 Å². The number of anilines is 1. The minimum absolute atomic E-state index is 0.525. The number of nitrogens with zero attached hydrogens (tertiary/aromatic N) is 3. The van der Waals surface area contributed by atoms with E-state index < -0.39 is 0 Å². The highest BCUT2D eigenvalue weighted by Crippen LogP contribution is 2.24. The summed E-state index contributed by atoms with van der Waals surface area (Å²) in [5.74, 6) is 2.29. The minimum Gasteiger partial charge on any atom is -0.359 e. The topological polar surface area (TPSA) is 21.1 Å². The fraction of sp³-hybridized carbons (Fsp3) is 0.727. The number of hydrogen-bond donors (Lipinski definition) is 0. The molecule has 0 saturated carbocycles. The molecule has 3 nitrogen and oxygen atoms in total. The molecule has 0 unspecified atom stereocenters. The molecule has 0 fully saturated rings. The van der Waals surface area contributed by atoms with Crippen molar-refractivity contribution in [1.82, 2.24) is 9.78 Å². The molecule has 0 aromatic carbocycles. The molecule has 15 heavy (non-hydrogen) atoms. The van der Waals surface area contributed by atoms with Crippen molar-refractivity contribution in [3.05, 3.63) is 11.3 Å². The molecule has 0 amide bonds. The summed E-state index contributed by atoms with van der Waals surface area (Å²) >= 11 is 5.95. The maximum absolute atomic E-state index is 5.95. The van der Waals surface area contributed by atoms with Crippen LogP contribution in [-0.4, -0.2) is 23.4 Å². The molecule has 0 aliphatic carbocycles. The molecule has 86 valence electrons. The van der Waals surface area contributed by atoms with E-state index in [1.807, 2.05) is 18.7 Å². The number of aromatic nitrogens is 2. The van der Waals surface area contributed by atoms with Crippen molar-refractivity contribution in [1.29, 1.82) is 0 Å². The first-order chi connectivity index (χ1) is 6.97. The first kappa shape index (κ1) is 12.4. The molecule has 0 radical (unpaired) electrons. The number of alkyl halides is 1. The molecule has 4 heteroatoms. The highest BCUT2D eigenvalue weighted by Gasteiger charge is 2.16. The quantitative estimate of drug-likeness (QED) is 0.740. The number of halogens is 1. The van der Waals surface area contributed by atoms with Crippen LogP contribution in [0.25, 0.3) is 0 Å².